The van der Waals surface area contributed by atoms with Crippen molar-refractivity contribution in [3.05, 3.63) is 28.8 Å². The third-order valence-corrected chi connectivity index (χ3v) is 2.84. The zero-order valence-corrected chi connectivity index (χ0v) is 11.2. The number of halogens is 1. The molecule has 2 aromatic rings. The van der Waals surface area contributed by atoms with Crippen LogP contribution < -0.4 is 10.6 Å². The van der Waals surface area contributed by atoms with Crippen LogP contribution in [0.2, 0.25) is 0 Å². The molecule has 0 aliphatic heterocycles. The summed E-state index contributed by atoms with van der Waals surface area (Å²) in [6.45, 7) is -0.158. The predicted octanol–water partition coefficient (Wildman–Crippen LogP) is 1.26. The summed E-state index contributed by atoms with van der Waals surface area (Å²) in [5.41, 5.74) is 0. The van der Waals surface area contributed by atoms with Gasteiger partial charge in [0.15, 0.2) is 10.4 Å². The number of rotatable bonds is 4. The maximum Gasteiger partial charge on any atom is 0.287 e. The number of carbonyl (C=O) groups is 2. The summed E-state index contributed by atoms with van der Waals surface area (Å²) in [4.78, 5) is 23.0. The van der Waals surface area contributed by atoms with Crippen LogP contribution >= 0.6 is 27.5 Å². The molecule has 0 aliphatic rings. The number of hydrogen-bond acceptors (Lipinski definition) is 6. The van der Waals surface area contributed by atoms with Crippen LogP contribution in [0.15, 0.2) is 27.4 Å². The second-order valence-corrected chi connectivity index (χ2v) is 4.68. The van der Waals surface area contributed by atoms with Gasteiger partial charge in [-0.25, -0.2) is 0 Å². The van der Waals surface area contributed by atoms with Crippen molar-refractivity contribution < 1.29 is 14.0 Å². The Labute approximate surface area is 114 Å². The van der Waals surface area contributed by atoms with E-state index in [1.165, 1.54) is 12.3 Å². The first-order valence-electron chi connectivity index (χ1n) is 4.76. The van der Waals surface area contributed by atoms with Crippen LogP contribution in [-0.4, -0.2) is 27.9 Å². The fraction of sp³-hybridized carbons (Fsp3) is 0.111. The van der Waals surface area contributed by atoms with Crippen LogP contribution in [-0.2, 0) is 4.79 Å². The minimum atomic E-state index is -0.460. The number of amides is 2. The van der Waals surface area contributed by atoms with Gasteiger partial charge in [-0.15, -0.1) is 5.10 Å². The number of furan rings is 1. The van der Waals surface area contributed by atoms with Crippen LogP contribution in [0.3, 0.4) is 0 Å². The lowest BCUT2D eigenvalue weighted by atomic mass is 10.4. The van der Waals surface area contributed by atoms with Crippen LogP contribution in [0, 0.1) is 0 Å². The third-order valence-electron chi connectivity index (χ3n) is 1.83. The van der Waals surface area contributed by atoms with Gasteiger partial charge >= 0.3 is 0 Å². The van der Waals surface area contributed by atoms with Crippen LogP contribution in [0.1, 0.15) is 10.6 Å². The van der Waals surface area contributed by atoms with Crippen molar-refractivity contribution in [2.75, 3.05) is 11.9 Å². The summed E-state index contributed by atoms with van der Waals surface area (Å²) in [6.07, 6.45) is 1.42. The molecule has 2 aromatic heterocycles. The molecule has 0 radical (unpaired) electrons. The molecule has 0 saturated carbocycles. The van der Waals surface area contributed by atoms with E-state index in [-0.39, 0.29) is 18.2 Å². The highest BCUT2D eigenvalue weighted by molar-refractivity contribution is 9.10. The minimum Gasteiger partial charge on any atom is -0.444 e. The molecule has 9 heteroatoms. The minimum absolute atomic E-state index is 0.133. The molecule has 0 aromatic carbocycles. The average Bonchev–Trinajstić information content (AvgIpc) is 2.97. The van der Waals surface area contributed by atoms with E-state index in [0.29, 0.717) is 9.67 Å². The second kappa shape index (κ2) is 5.74. The Morgan fingerprint density at radius 3 is 2.89 bits per heavy atom. The number of nitrogens with one attached hydrogen (secondary N) is 2. The summed E-state index contributed by atoms with van der Waals surface area (Å²) in [7, 11) is 0. The van der Waals surface area contributed by atoms with Gasteiger partial charge in [-0.05, 0) is 28.1 Å². The molecular formula is C9H7BrN4O3S. The summed E-state index contributed by atoms with van der Waals surface area (Å²) >= 11 is 4.14. The molecule has 0 spiro atoms. The van der Waals surface area contributed by atoms with Crippen molar-refractivity contribution in [3.8, 4) is 0 Å². The molecule has 0 bridgehead atoms. The first-order valence-corrected chi connectivity index (χ1v) is 6.32. The monoisotopic (exact) mass is 330 g/mol. The van der Waals surface area contributed by atoms with Gasteiger partial charge in [0.1, 0.15) is 5.00 Å². The number of carbonyl (C=O) groups excluding carboxylic acids is 2. The van der Waals surface area contributed by atoms with Crippen LogP contribution in [0.5, 0.6) is 0 Å². The van der Waals surface area contributed by atoms with Crippen molar-refractivity contribution in [1.82, 2.24) is 14.9 Å². The van der Waals surface area contributed by atoms with E-state index >= 15 is 0 Å². The molecule has 18 heavy (non-hydrogen) atoms. The Morgan fingerprint density at radius 2 is 2.28 bits per heavy atom. The first-order chi connectivity index (χ1) is 8.65. The number of nitrogens with zero attached hydrogens (tertiary/aromatic N) is 2. The molecule has 2 amide bonds. The van der Waals surface area contributed by atoms with E-state index in [0.717, 1.165) is 11.5 Å². The van der Waals surface area contributed by atoms with Crippen molar-refractivity contribution in [2.24, 2.45) is 0 Å². The Balaban J connectivity index is 1.81. The molecule has 7 nitrogen and oxygen atoms in total. The molecule has 0 aliphatic carbocycles. The molecular weight excluding hydrogens is 324 g/mol. The normalized spacial score (nSPS) is 10.1. The summed E-state index contributed by atoms with van der Waals surface area (Å²) in [6, 6.07) is 3.10. The maximum atomic E-state index is 11.5. The van der Waals surface area contributed by atoms with Gasteiger partial charge in [0, 0.05) is 11.5 Å². The van der Waals surface area contributed by atoms with E-state index in [9.17, 15) is 9.59 Å². The highest BCUT2D eigenvalue weighted by Gasteiger charge is 2.12. The molecule has 94 valence electrons. The Hall–Kier alpha value is -1.74. The summed E-state index contributed by atoms with van der Waals surface area (Å²) < 4.78 is 9.08. The smallest absolute Gasteiger partial charge is 0.287 e. The highest BCUT2D eigenvalue weighted by atomic mass is 79.9. The largest absolute Gasteiger partial charge is 0.444 e. The molecule has 2 heterocycles. The zero-order valence-electron chi connectivity index (χ0n) is 8.84. The lowest BCUT2D eigenvalue weighted by molar-refractivity contribution is -0.115. The molecule has 0 atom stereocenters. The van der Waals surface area contributed by atoms with Gasteiger partial charge in [0.25, 0.3) is 5.91 Å². The zero-order chi connectivity index (χ0) is 13.0. The van der Waals surface area contributed by atoms with Gasteiger partial charge in [-0.3, -0.25) is 9.59 Å². The van der Waals surface area contributed by atoms with Crippen LogP contribution in [0.25, 0.3) is 0 Å². The lowest BCUT2D eigenvalue weighted by Gasteiger charge is -2.02. The van der Waals surface area contributed by atoms with E-state index in [4.69, 9.17) is 4.42 Å². The van der Waals surface area contributed by atoms with Gasteiger partial charge in [0.2, 0.25) is 5.91 Å². The Morgan fingerprint density at radius 1 is 1.44 bits per heavy atom. The van der Waals surface area contributed by atoms with Gasteiger partial charge in [-0.1, -0.05) is 4.49 Å². The highest BCUT2D eigenvalue weighted by Crippen LogP contribution is 2.13. The van der Waals surface area contributed by atoms with Crippen molar-refractivity contribution in [2.45, 2.75) is 0 Å². The first kappa shape index (κ1) is 12.7. The standard InChI is InChI=1S/C9H7BrN4O3S/c10-6-2-1-5(17-6)9(16)11-3-7(15)13-8-4-12-14-18-8/h1-2,4H,3H2,(H,11,16)(H,13,15). The van der Waals surface area contributed by atoms with Crippen molar-refractivity contribution >= 4 is 44.3 Å². The molecule has 0 saturated heterocycles. The Bertz CT molecular complexity index is 554. The van der Waals surface area contributed by atoms with Gasteiger partial charge in [-0.2, -0.15) is 0 Å². The number of aromatic nitrogens is 2. The van der Waals surface area contributed by atoms with E-state index in [1.807, 2.05) is 0 Å². The van der Waals surface area contributed by atoms with Crippen molar-refractivity contribution in [1.29, 1.82) is 0 Å². The third kappa shape index (κ3) is 3.37. The maximum absolute atomic E-state index is 11.5. The topological polar surface area (TPSA) is 97.1 Å². The van der Waals surface area contributed by atoms with E-state index in [2.05, 4.69) is 36.2 Å². The average molecular weight is 331 g/mol. The fourth-order valence-corrected chi connectivity index (χ4v) is 1.83. The molecule has 0 unspecified atom stereocenters. The summed E-state index contributed by atoms with van der Waals surface area (Å²) in [5.74, 6) is -0.688. The molecule has 2 rings (SSSR count). The van der Waals surface area contributed by atoms with E-state index < -0.39 is 5.91 Å². The predicted molar refractivity (Wildman–Crippen MR) is 67.3 cm³/mol. The SMILES string of the molecule is O=C(CNC(=O)c1ccc(Br)o1)Nc1cnns1. The van der Waals surface area contributed by atoms with Crippen LogP contribution in [0.4, 0.5) is 5.00 Å². The van der Waals surface area contributed by atoms with Crippen molar-refractivity contribution in [3.63, 3.8) is 0 Å². The summed E-state index contributed by atoms with van der Waals surface area (Å²) in [5, 5.41) is 9.05. The van der Waals surface area contributed by atoms with Gasteiger partial charge in [0.05, 0.1) is 12.7 Å². The van der Waals surface area contributed by atoms with Gasteiger partial charge < -0.3 is 15.1 Å². The Kier molecular flexibility index (Phi) is 4.05. The quantitative estimate of drug-likeness (QED) is 0.879. The number of anilines is 1. The fourth-order valence-electron chi connectivity index (χ4n) is 1.09. The molecule has 0 fully saturated rings. The lowest BCUT2D eigenvalue weighted by Crippen LogP contribution is -2.32. The van der Waals surface area contributed by atoms with E-state index in [1.54, 1.807) is 6.07 Å². The second-order valence-electron chi connectivity index (χ2n) is 3.12. The number of hydrogen-bond donors (Lipinski definition) is 2. The molecule has 2 N–H and O–H groups in total.